The Bertz CT molecular complexity index is 346. The van der Waals surface area contributed by atoms with Crippen LogP contribution >= 0.6 is 11.8 Å². The zero-order valence-electron chi connectivity index (χ0n) is 9.97. The number of thioether (sulfide) groups is 1. The van der Waals surface area contributed by atoms with E-state index >= 15 is 0 Å². The van der Waals surface area contributed by atoms with Gasteiger partial charge >= 0.3 is 11.9 Å². The summed E-state index contributed by atoms with van der Waals surface area (Å²) in [7, 11) is 0. The predicted octanol–water partition coefficient (Wildman–Crippen LogP) is 1.54. The molecule has 0 N–H and O–H groups in total. The zero-order valence-corrected chi connectivity index (χ0v) is 10.8. The van der Waals surface area contributed by atoms with Gasteiger partial charge in [0.05, 0.1) is 13.2 Å². The maximum absolute atomic E-state index is 12.1. The normalized spacial score (nSPS) is 28.1. The van der Waals surface area contributed by atoms with Crippen molar-refractivity contribution in [2.75, 3.05) is 13.2 Å². The SMILES string of the molecule is CCOC(=O)C1(C(=O)OCC)SC2C=CC1C2. The largest absolute Gasteiger partial charge is 0.464 e. The number of allylic oxidation sites excluding steroid dienone is 1. The molecular weight excluding hydrogens is 240 g/mol. The maximum atomic E-state index is 12.1. The predicted molar refractivity (Wildman–Crippen MR) is 64.6 cm³/mol. The van der Waals surface area contributed by atoms with Gasteiger partial charge in [-0.1, -0.05) is 12.2 Å². The highest BCUT2D eigenvalue weighted by atomic mass is 32.2. The molecule has 94 valence electrons. The van der Waals surface area contributed by atoms with Gasteiger partial charge in [0.2, 0.25) is 4.75 Å². The summed E-state index contributed by atoms with van der Waals surface area (Å²) in [6.45, 7) is 4.04. The first-order chi connectivity index (χ1) is 8.15. The molecule has 4 nitrogen and oxygen atoms in total. The average molecular weight is 256 g/mol. The van der Waals surface area contributed by atoms with Crippen LogP contribution in [-0.4, -0.2) is 35.1 Å². The quantitative estimate of drug-likeness (QED) is 0.434. The maximum Gasteiger partial charge on any atom is 0.334 e. The molecule has 1 aliphatic heterocycles. The fourth-order valence-electron chi connectivity index (χ4n) is 2.34. The van der Waals surface area contributed by atoms with E-state index in [4.69, 9.17) is 9.47 Å². The lowest BCUT2D eigenvalue weighted by atomic mass is 9.91. The molecule has 2 atom stereocenters. The van der Waals surface area contributed by atoms with E-state index in [1.54, 1.807) is 13.8 Å². The fraction of sp³-hybridized carbons (Fsp3) is 0.667. The molecule has 0 saturated carbocycles. The Kier molecular flexibility index (Phi) is 3.47. The molecule has 17 heavy (non-hydrogen) atoms. The molecule has 5 heteroatoms. The van der Waals surface area contributed by atoms with E-state index in [2.05, 4.69) is 0 Å². The zero-order chi connectivity index (χ0) is 12.5. The van der Waals surface area contributed by atoms with Crippen LogP contribution in [0.1, 0.15) is 20.3 Å². The molecule has 0 aromatic heterocycles. The standard InChI is InChI=1S/C12H16O4S/c1-3-15-10(13)12(11(14)16-4-2)8-5-6-9(7-8)17-12/h5-6,8-9H,3-4,7H2,1-2H3. The minimum absolute atomic E-state index is 0.0874. The number of ether oxygens (including phenoxy) is 2. The van der Waals surface area contributed by atoms with Gasteiger partial charge < -0.3 is 9.47 Å². The Morgan fingerprint density at radius 3 is 2.18 bits per heavy atom. The highest BCUT2D eigenvalue weighted by Crippen LogP contribution is 2.54. The van der Waals surface area contributed by atoms with Gasteiger partial charge in [-0.2, -0.15) is 0 Å². The van der Waals surface area contributed by atoms with E-state index in [-0.39, 0.29) is 24.4 Å². The summed E-state index contributed by atoms with van der Waals surface area (Å²) in [6, 6.07) is 0. The first-order valence-electron chi connectivity index (χ1n) is 5.85. The van der Waals surface area contributed by atoms with Crippen molar-refractivity contribution in [2.24, 2.45) is 5.92 Å². The molecule has 2 bridgehead atoms. The first kappa shape index (κ1) is 12.5. The molecule has 0 amide bonds. The molecular formula is C12H16O4S. The number of carbonyl (C=O) groups excluding carboxylic acids is 2. The summed E-state index contributed by atoms with van der Waals surface area (Å²) < 4.78 is 8.95. The van der Waals surface area contributed by atoms with Crippen molar-refractivity contribution in [3.8, 4) is 0 Å². The van der Waals surface area contributed by atoms with Gasteiger partial charge in [0.25, 0.3) is 0 Å². The number of rotatable bonds is 4. The molecule has 1 heterocycles. The minimum atomic E-state index is -1.16. The summed E-state index contributed by atoms with van der Waals surface area (Å²) >= 11 is 1.37. The third-order valence-electron chi connectivity index (χ3n) is 3.06. The van der Waals surface area contributed by atoms with E-state index in [0.29, 0.717) is 0 Å². The number of hydrogen-bond donors (Lipinski definition) is 0. The van der Waals surface area contributed by atoms with Crippen LogP contribution in [0.5, 0.6) is 0 Å². The van der Waals surface area contributed by atoms with Crippen LogP contribution in [0.2, 0.25) is 0 Å². The lowest BCUT2D eigenvalue weighted by Gasteiger charge is -2.29. The molecule has 1 saturated heterocycles. The molecule has 1 fully saturated rings. The molecule has 0 aromatic rings. The van der Waals surface area contributed by atoms with Gasteiger partial charge in [-0.3, -0.25) is 0 Å². The summed E-state index contributed by atoms with van der Waals surface area (Å²) in [5.41, 5.74) is 0. The summed E-state index contributed by atoms with van der Waals surface area (Å²) in [4.78, 5) is 24.2. The van der Waals surface area contributed by atoms with Crippen LogP contribution in [0.25, 0.3) is 0 Å². The number of esters is 2. The summed E-state index contributed by atoms with van der Waals surface area (Å²) in [5, 5.41) is 0.230. The lowest BCUT2D eigenvalue weighted by Crippen LogP contribution is -2.49. The van der Waals surface area contributed by atoms with Crippen molar-refractivity contribution < 1.29 is 19.1 Å². The Labute approximate surface area is 105 Å². The van der Waals surface area contributed by atoms with E-state index in [9.17, 15) is 9.59 Å². The van der Waals surface area contributed by atoms with E-state index in [0.717, 1.165) is 6.42 Å². The smallest absolute Gasteiger partial charge is 0.334 e. The van der Waals surface area contributed by atoms with Crippen molar-refractivity contribution >= 4 is 23.7 Å². The second kappa shape index (κ2) is 4.72. The van der Waals surface area contributed by atoms with E-state index < -0.39 is 16.7 Å². The van der Waals surface area contributed by atoms with Crippen molar-refractivity contribution in [2.45, 2.75) is 30.3 Å². The number of fused-ring (bicyclic) bond motifs is 2. The van der Waals surface area contributed by atoms with Crippen LogP contribution < -0.4 is 0 Å². The van der Waals surface area contributed by atoms with Crippen LogP contribution in [-0.2, 0) is 19.1 Å². The van der Waals surface area contributed by atoms with Gasteiger partial charge in [-0.05, 0) is 20.3 Å². The van der Waals surface area contributed by atoms with Crippen molar-refractivity contribution in [3.05, 3.63) is 12.2 Å². The highest BCUT2D eigenvalue weighted by molar-refractivity contribution is 8.03. The second-order valence-corrected chi connectivity index (χ2v) is 5.55. The van der Waals surface area contributed by atoms with Gasteiger partial charge in [0.15, 0.2) is 0 Å². The topological polar surface area (TPSA) is 52.6 Å². The molecule has 2 rings (SSSR count). The highest BCUT2D eigenvalue weighted by Gasteiger charge is 2.61. The Balaban J connectivity index is 2.27. The lowest BCUT2D eigenvalue weighted by molar-refractivity contribution is -0.160. The van der Waals surface area contributed by atoms with Crippen LogP contribution in [0, 0.1) is 5.92 Å². The Hall–Kier alpha value is -0.970. The van der Waals surface area contributed by atoms with Gasteiger partial charge in [-0.15, -0.1) is 11.8 Å². The summed E-state index contributed by atoms with van der Waals surface area (Å²) in [6.07, 6.45) is 4.81. The monoisotopic (exact) mass is 256 g/mol. The molecule has 2 aliphatic rings. The van der Waals surface area contributed by atoms with Crippen molar-refractivity contribution in [1.82, 2.24) is 0 Å². The van der Waals surface area contributed by atoms with Gasteiger partial charge in [0.1, 0.15) is 0 Å². The van der Waals surface area contributed by atoms with Crippen molar-refractivity contribution in [3.63, 3.8) is 0 Å². The Morgan fingerprint density at radius 1 is 1.24 bits per heavy atom. The molecule has 0 radical (unpaired) electrons. The third kappa shape index (κ3) is 1.86. The number of hydrogen-bond acceptors (Lipinski definition) is 5. The van der Waals surface area contributed by atoms with Crippen molar-refractivity contribution in [1.29, 1.82) is 0 Å². The van der Waals surface area contributed by atoms with E-state index in [1.807, 2.05) is 12.2 Å². The first-order valence-corrected chi connectivity index (χ1v) is 6.73. The second-order valence-electron chi connectivity index (χ2n) is 4.06. The van der Waals surface area contributed by atoms with Crippen LogP contribution in [0.4, 0.5) is 0 Å². The summed E-state index contributed by atoms with van der Waals surface area (Å²) in [5.74, 6) is -1.00. The minimum Gasteiger partial charge on any atom is -0.464 e. The Morgan fingerprint density at radius 2 is 1.82 bits per heavy atom. The molecule has 1 aliphatic carbocycles. The molecule has 2 unspecified atom stereocenters. The average Bonchev–Trinajstić information content (AvgIpc) is 2.89. The van der Waals surface area contributed by atoms with Crippen LogP contribution in [0.3, 0.4) is 0 Å². The van der Waals surface area contributed by atoms with Gasteiger partial charge in [-0.25, -0.2) is 9.59 Å². The third-order valence-corrected chi connectivity index (χ3v) is 4.72. The van der Waals surface area contributed by atoms with Gasteiger partial charge in [0, 0.05) is 11.2 Å². The molecule has 0 aromatic carbocycles. The molecule has 0 spiro atoms. The number of carbonyl (C=O) groups is 2. The fourth-order valence-corrected chi connectivity index (χ4v) is 3.95. The van der Waals surface area contributed by atoms with Crippen LogP contribution in [0.15, 0.2) is 12.2 Å². The van der Waals surface area contributed by atoms with E-state index in [1.165, 1.54) is 11.8 Å².